The van der Waals surface area contributed by atoms with Crippen molar-refractivity contribution in [2.75, 3.05) is 19.6 Å². The molecule has 1 aliphatic heterocycles. The molecule has 90 valence electrons. The van der Waals surface area contributed by atoms with Gasteiger partial charge in [-0.25, -0.2) is 0 Å². The Morgan fingerprint density at radius 1 is 1.19 bits per heavy atom. The lowest BCUT2D eigenvalue weighted by molar-refractivity contribution is -0.167. The molecule has 1 saturated heterocycles. The summed E-state index contributed by atoms with van der Waals surface area (Å²) in [4.78, 5) is 24.2. The second-order valence-electron chi connectivity index (χ2n) is 5.04. The summed E-state index contributed by atoms with van der Waals surface area (Å²) in [6.07, 6.45) is 5.09. The highest BCUT2D eigenvalue weighted by atomic mass is 16.6. The molecule has 2 fully saturated rings. The monoisotopic (exact) mass is 225 g/mol. The van der Waals surface area contributed by atoms with Crippen molar-refractivity contribution >= 4 is 11.9 Å². The van der Waals surface area contributed by atoms with Gasteiger partial charge in [-0.15, -0.1) is 0 Å². The Bertz CT molecular complexity index is 274. The van der Waals surface area contributed by atoms with Gasteiger partial charge >= 0.3 is 11.9 Å². The SMILES string of the molecule is CC1CCCCC1CN1CC(=O)OC(=O)C1. The minimum atomic E-state index is -0.403. The Labute approximate surface area is 95.9 Å². The molecular weight excluding hydrogens is 206 g/mol. The van der Waals surface area contributed by atoms with Gasteiger partial charge in [0.15, 0.2) is 0 Å². The number of nitrogens with zero attached hydrogens (tertiary/aromatic N) is 1. The van der Waals surface area contributed by atoms with Gasteiger partial charge in [-0.05, 0) is 18.3 Å². The van der Waals surface area contributed by atoms with Gasteiger partial charge in [0.1, 0.15) is 0 Å². The van der Waals surface area contributed by atoms with E-state index in [1.54, 1.807) is 0 Å². The molecule has 1 heterocycles. The normalized spacial score (nSPS) is 32.6. The zero-order chi connectivity index (χ0) is 11.5. The molecule has 0 radical (unpaired) electrons. The van der Waals surface area contributed by atoms with Gasteiger partial charge in [-0.2, -0.15) is 0 Å². The second-order valence-corrected chi connectivity index (χ2v) is 5.04. The maximum absolute atomic E-state index is 11.1. The van der Waals surface area contributed by atoms with E-state index in [4.69, 9.17) is 0 Å². The summed E-state index contributed by atoms with van der Waals surface area (Å²) in [7, 11) is 0. The third kappa shape index (κ3) is 2.82. The van der Waals surface area contributed by atoms with Crippen LogP contribution in [0.2, 0.25) is 0 Å². The fourth-order valence-electron chi connectivity index (χ4n) is 2.74. The molecule has 2 rings (SSSR count). The first kappa shape index (κ1) is 11.6. The van der Waals surface area contributed by atoms with Crippen molar-refractivity contribution in [1.29, 1.82) is 0 Å². The standard InChI is InChI=1S/C12H19NO3/c1-9-4-2-3-5-10(9)6-13-7-11(14)16-12(15)8-13/h9-10H,2-8H2,1H3. The van der Waals surface area contributed by atoms with E-state index in [1.165, 1.54) is 25.7 Å². The minimum absolute atomic E-state index is 0.273. The first-order chi connectivity index (χ1) is 7.65. The van der Waals surface area contributed by atoms with Gasteiger partial charge in [0.05, 0.1) is 13.1 Å². The number of cyclic esters (lactones) is 2. The Morgan fingerprint density at radius 3 is 2.44 bits per heavy atom. The Balaban J connectivity index is 1.88. The number of hydrogen-bond acceptors (Lipinski definition) is 4. The van der Waals surface area contributed by atoms with Gasteiger partial charge in [0, 0.05) is 6.54 Å². The summed E-state index contributed by atoms with van der Waals surface area (Å²) in [6.45, 7) is 3.68. The van der Waals surface area contributed by atoms with Crippen molar-refractivity contribution in [2.45, 2.75) is 32.6 Å². The fourth-order valence-corrected chi connectivity index (χ4v) is 2.74. The van der Waals surface area contributed by atoms with Crippen molar-refractivity contribution in [2.24, 2.45) is 11.8 Å². The van der Waals surface area contributed by atoms with Gasteiger partial charge in [-0.1, -0.05) is 26.2 Å². The zero-order valence-corrected chi connectivity index (χ0v) is 9.78. The molecule has 4 nitrogen and oxygen atoms in total. The number of esters is 2. The lowest BCUT2D eigenvalue weighted by atomic mass is 9.80. The van der Waals surface area contributed by atoms with E-state index in [1.807, 2.05) is 4.90 Å². The number of rotatable bonds is 2. The quantitative estimate of drug-likeness (QED) is 0.523. The number of ether oxygens (including phenoxy) is 1. The van der Waals surface area contributed by atoms with Crippen LogP contribution in [0.3, 0.4) is 0 Å². The molecule has 0 aromatic carbocycles. The molecule has 0 aromatic heterocycles. The van der Waals surface area contributed by atoms with E-state index in [0.29, 0.717) is 11.8 Å². The van der Waals surface area contributed by atoms with Crippen molar-refractivity contribution in [3.05, 3.63) is 0 Å². The predicted molar refractivity (Wildman–Crippen MR) is 58.7 cm³/mol. The molecule has 2 unspecified atom stereocenters. The third-order valence-corrected chi connectivity index (χ3v) is 3.71. The average Bonchev–Trinajstić information content (AvgIpc) is 2.20. The molecule has 4 heteroatoms. The maximum atomic E-state index is 11.1. The van der Waals surface area contributed by atoms with Crippen molar-refractivity contribution < 1.29 is 14.3 Å². The Kier molecular flexibility index (Phi) is 3.59. The molecule has 0 bridgehead atoms. The molecule has 2 aliphatic rings. The van der Waals surface area contributed by atoms with E-state index in [9.17, 15) is 9.59 Å². The Morgan fingerprint density at radius 2 is 1.81 bits per heavy atom. The van der Waals surface area contributed by atoms with E-state index in [0.717, 1.165) is 6.54 Å². The maximum Gasteiger partial charge on any atom is 0.327 e. The second kappa shape index (κ2) is 4.95. The highest BCUT2D eigenvalue weighted by molar-refractivity contribution is 5.90. The summed E-state index contributed by atoms with van der Waals surface area (Å²) >= 11 is 0. The van der Waals surface area contributed by atoms with Gasteiger partial charge in [-0.3, -0.25) is 14.5 Å². The topological polar surface area (TPSA) is 46.6 Å². The molecular formula is C12H19NO3. The molecule has 0 amide bonds. The highest BCUT2D eigenvalue weighted by Gasteiger charge is 2.29. The number of morpholine rings is 1. The summed E-state index contributed by atoms with van der Waals surface area (Å²) in [5.41, 5.74) is 0. The van der Waals surface area contributed by atoms with Crippen LogP contribution in [0.4, 0.5) is 0 Å². The van der Waals surface area contributed by atoms with Crippen LogP contribution in [0.5, 0.6) is 0 Å². The lowest BCUT2D eigenvalue weighted by Crippen LogP contribution is -2.45. The van der Waals surface area contributed by atoms with Crippen LogP contribution in [0.1, 0.15) is 32.6 Å². The first-order valence-corrected chi connectivity index (χ1v) is 6.11. The molecule has 0 aromatic rings. The van der Waals surface area contributed by atoms with Crippen molar-refractivity contribution in [3.8, 4) is 0 Å². The minimum Gasteiger partial charge on any atom is -0.391 e. The number of carbonyl (C=O) groups excluding carboxylic acids is 2. The van der Waals surface area contributed by atoms with Gasteiger partial charge in [0.2, 0.25) is 0 Å². The van der Waals surface area contributed by atoms with Crippen molar-refractivity contribution in [1.82, 2.24) is 4.90 Å². The van der Waals surface area contributed by atoms with E-state index < -0.39 is 11.9 Å². The van der Waals surface area contributed by atoms with Crippen LogP contribution in [0.15, 0.2) is 0 Å². The smallest absolute Gasteiger partial charge is 0.327 e. The van der Waals surface area contributed by atoms with E-state index in [2.05, 4.69) is 11.7 Å². The van der Waals surface area contributed by atoms with Crippen LogP contribution < -0.4 is 0 Å². The summed E-state index contributed by atoms with van der Waals surface area (Å²) in [5, 5.41) is 0. The molecule has 1 saturated carbocycles. The fraction of sp³-hybridized carbons (Fsp3) is 0.833. The summed E-state index contributed by atoms with van der Waals surface area (Å²) < 4.78 is 4.51. The predicted octanol–water partition coefficient (Wildman–Crippen LogP) is 1.20. The molecule has 1 aliphatic carbocycles. The molecule has 16 heavy (non-hydrogen) atoms. The molecule has 0 N–H and O–H groups in total. The van der Waals surface area contributed by atoms with Crippen LogP contribution in [-0.2, 0) is 14.3 Å². The summed E-state index contributed by atoms with van der Waals surface area (Å²) in [6, 6.07) is 0. The highest BCUT2D eigenvalue weighted by Crippen LogP contribution is 2.30. The van der Waals surface area contributed by atoms with E-state index >= 15 is 0 Å². The molecule has 0 spiro atoms. The van der Waals surface area contributed by atoms with Crippen LogP contribution >= 0.6 is 0 Å². The lowest BCUT2D eigenvalue weighted by Gasteiger charge is -2.34. The zero-order valence-electron chi connectivity index (χ0n) is 9.78. The van der Waals surface area contributed by atoms with Gasteiger partial charge in [0.25, 0.3) is 0 Å². The van der Waals surface area contributed by atoms with Crippen molar-refractivity contribution in [3.63, 3.8) is 0 Å². The van der Waals surface area contributed by atoms with Crippen LogP contribution in [0, 0.1) is 11.8 Å². The van der Waals surface area contributed by atoms with E-state index in [-0.39, 0.29) is 13.1 Å². The summed E-state index contributed by atoms with van der Waals surface area (Å²) in [5.74, 6) is 0.536. The number of carbonyl (C=O) groups is 2. The third-order valence-electron chi connectivity index (χ3n) is 3.71. The van der Waals surface area contributed by atoms with Crippen LogP contribution in [-0.4, -0.2) is 36.5 Å². The molecule has 2 atom stereocenters. The van der Waals surface area contributed by atoms with Gasteiger partial charge < -0.3 is 4.74 Å². The average molecular weight is 225 g/mol. The number of hydrogen-bond donors (Lipinski definition) is 0. The largest absolute Gasteiger partial charge is 0.391 e. The Hall–Kier alpha value is -0.900. The van der Waals surface area contributed by atoms with Crippen LogP contribution in [0.25, 0.3) is 0 Å². The first-order valence-electron chi connectivity index (χ1n) is 6.11.